The van der Waals surface area contributed by atoms with E-state index in [2.05, 4.69) is 26.5 Å². The number of nitrogens with zero attached hydrogens (tertiary/aromatic N) is 1. The van der Waals surface area contributed by atoms with E-state index in [1.54, 1.807) is 60.7 Å². The van der Waals surface area contributed by atoms with E-state index >= 15 is 0 Å². The van der Waals surface area contributed by atoms with Crippen molar-refractivity contribution in [2.24, 2.45) is 5.10 Å². The third-order valence-corrected chi connectivity index (χ3v) is 4.65. The second-order valence-electron chi connectivity index (χ2n) is 6.15. The molecule has 1 amide bonds. The van der Waals surface area contributed by atoms with E-state index in [1.807, 2.05) is 13.0 Å². The summed E-state index contributed by atoms with van der Waals surface area (Å²) in [4.78, 5) is 24.6. The molecule has 0 radical (unpaired) electrons. The molecule has 5 nitrogen and oxygen atoms in total. The highest BCUT2D eigenvalue weighted by Gasteiger charge is 2.12. The van der Waals surface area contributed by atoms with Gasteiger partial charge in [-0.3, -0.25) is 4.79 Å². The van der Waals surface area contributed by atoms with E-state index in [0.717, 1.165) is 10.0 Å². The molecule has 0 unspecified atom stereocenters. The number of benzene rings is 3. The van der Waals surface area contributed by atoms with Gasteiger partial charge in [-0.1, -0.05) is 45.2 Å². The summed E-state index contributed by atoms with van der Waals surface area (Å²) in [5, 5.41) is 4.51. The Morgan fingerprint density at radius 1 is 1.03 bits per heavy atom. The molecule has 0 bridgehead atoms. The van der Waals surface area contributed by atoms with Gasteiger partial charge in [0.15, 0.2) is 0 Å². The molecule has 146 valence electrons. The number of hydrogen-bond donors (Lipinski definition) is 1. The van der Waals surface area contributed by atoms with E-state index in [-0.39, 0.29) is 5.91 Å². The SMILES string of the molecule is Cc1cccc(C(=O)Oc2ccc(Br)cc2/C=N\NC(=O)c2ccc(Cl)cc2)c1. The van der Waals surface area contributed by atoms with Crippen molar-refractivity contribution >= 4 is 45.6 Å². The highest BCUT2D eigenvalue weighted by Crippen LogP contribution is 2.23. The van der Waals surface area contributed by atoms with Crippen LogP contribution in [0.1, 0.15) is 31.8 Å². The van der Waals surface area contributed by atoms with Crippen LogP contribution in [0, 0.1) is 6.92 Å². The van der Waals surface area contributed by atoms with Crippen LogP contribution in [0.3, 0.4) is 0 Å². The summed E-state index contributed by atoms with van der Waals surface area (Å²) < 4.78 is 6.29. The van der Waals surface area contributed by atoms with Crippen molar-refractivity contribution in [3.05, 3.63) is 98.5 Å². The van der Waals surface area contributed by atoms with Crippen LogP contribution in [0.25, 0.3) is 0 Å². The van der Waals surface area contributed by atoms with Gasteiger partial charge >= 0.3 is 5.97 Å². The maximum atomic E-state index is 12.4. The van der Waals surface area contributed by atoms with E-state index < -0.39 is 5.97 Å². The second-order valence-corrected chi connectivity index (χ2v) is 7.50. The van der Waals surface area contributed by atoms with Gasteiger partial charge in [0.2, 0.25) is 0 Å². The van der Waals surface area contributed by atoms with E-state index in [9.17, 15) is 9.59 Å². The quantitative estimate of drug-likeness (QED) is 0.235. The Bertz CT molecular complexity index is 1080. The van der Waals surface area contributed by atoms with Crippen molar-refractivity contribution < 1.29 is 14.3 Å². The fourth-order valence-corrected chi connectivity index (χ4v) is 2.98. The number of amides is 1. The Balaban J connectivity index is 1.74. The average Bonchev–Trinajstić information content (AvgIpc) is 2.70. The predicted octanol–water partition coefficient (Wildman–Crippen LogP) is 5.39. The number of carbonyl (C=O) groups is 2. The van der Waals surface area contributed by atoms with E-state index in [4.69, 9.17) is 16.3 Å². The lowest BCUT2D eigenvalue weighted by atomic mass is 10.1. The summed E-state index contributed by atoms with van der Waals surface area (Å²) in [6.45, 7) is 1.90. The van der Waals surface area contributed by atoms with E-state index in [1.165, 1.54) is 6.21 Å². The second kappa shape index (κ2) is 9.49. The van der Waals surface area contributed by atoms with Crippen LogP contribution in [0.5, 0.6) is 5.75 Å². The zero-order valence-electron chi connectivity index (χ0n) is 15.4. The molecule has 0 aliphatic carbocycles. The Labute approximate surface area is 181 Å². The molecule has 3 aromatic rings. The van der Waals surface area contributed by atoms with Crippen LogP contribution in [0.2, 0.25) is 5.02 Å². The fraction of sp³-hybridized carbons (Fsp3) is 0.0455. The van der Waals surface area contributed by atoms with Gasteiger partial charge in [-0.2, -0.15) is 5.10 Å². The number of aryl methyl sites for hydroxylation is 1. The number of hydrazone groups is 1. The van der Waals surface area contributed by atoms with Gasteiger partial charge in [0.1, 0.15) is 5.75 Å². The van der Waals surface area contributed by atoms with Crippen LogP contribution in [-0.2, 0) is 0 Å². The summed E-state index contributed by atoms with van der Waals surface area (Å²) in [6.07, 6.45) is 1.41. The summed E-state index contributed by atoms with van der Waals surface area (Å²) in [7, 11) is 0. The molecule has 1 N–H and O–H groups in total. The summed E-state index contributed by atoms with van der Waals surface area (Å²) >= 11 is 9.20. The van der Waals surface area contributed by atoms with Gasteiger partial charge in [-0.25, -0.2) is 10.2 Å². The number of hydrogen-bond acceptors (Lipinski definition) is 4. The summed E-state index contributed by atoms with van der Waals surface area (Å²) in [5.74, 6) is -0.536. The van der Waals surface area contributed by atoms with Gasteiger partial charge in [-0.05, 0) is 61.5 Å². The molecule has 0 saturated carbocycles. The number of nitrogens with one attached hydrogen (secondary N) is 1. The highest BCUT2D eigenvalue weighted by atomic mass is 79.9. The minimum absolute atomic E-state index is 0.323. The fourth-order valence-electron chi connectivity index (χ4n) is 2.47. The third-order valence-electron chi connectivity index (χ3n) is 3.90. The normalized spacial score (nSPS) is 10.7. The first-order valence-electron chi connectivity index (χ1n) is 8.60. The molecule has 3 rings (SSSR count). The summed E-state index contributed by atoms with van der Waals surface area (Å²) in [5.41, 5.74) is 4.80. The Morgan fingerprint density at radius 2 is 1.79 bits per heavy atom. The van der Waals surface area contributed by atoms with Crippen molar-refractivity contribution in [1.82, 2.24) is 5.43 Å². The standard InChI is InChI=1S/C22H16BrClN2O3/c1-14-3-2-4-16(11-14)22(28)29-20-10-7-18(23)12-17(20)13-25-26-21(27)15-5-8-19(24)9-6-15/h2-13H,1H3,(H,26,27)/b25-13-. The molecule has 0 aliphatic rings. The molecule has 29 heavy (non-hydrogen) atoms. The lowest BCUT2D eigenvalue weighted by molar-refractivity contribution is 0.0734. The molecular formula is C22H16BrClN2O3. The molecule has 7 heteroatoms. The zero-order chi connectivity index (χ0) is 20.8. The molecule has 0 aromatic heterocycles. The first-order valence-corrected chi connectivity index (χ1v) is 9.77. The molecule has 0 fully saturated rings. The van der Waals surface area contributed by atoms with Crippen LogP contribution < -0.4 is 10.2 Å². The lowest BCUT2D eigenvalue weighted by Crippen LogP contribution is -2.17. The largest absolute Gasteiger partial charge is 0.422 e. The number of carbonyl (C=O) groups excluding carboxylic acids is 2. The number of halogens is 2. The lowest BCUT2D eigenvalue weighted by Gasteiger charge is -2.08. The zero-order valence-corrected chi connectivity index (χ0v) is 17.7. The molecule has 0 atom stereocenters. The maximum absolute atomic E-state index is 12.4. The Morgan fingerprint density at radius 3 is 2.52 bits per heavy atom. The average molecular weight is 472 g/mol. The summed E-state index contributed by atoms with van der Waals surface area (Å²) in [6, 6.07) is 18.7. The third kappa shape index (κ3) is 5.76. The minimum Gasteiger partial charge on any atom is -0.422 e. The van der Waals surface area contributed by atoms with Gasteiger partial charge in [0, 0.05) is 20.6 Å². The first kappa shape index (κ1) is 20.8. The van der Waals surface area contributed by atoms with Crippen LogP contribution in [-0.4, -0.2) is 18.1 Å². The smallest absolute Gasteiger partial charge is 0.343 e. The van der Waals surface area contributed by atoms with E-state index in [0.29, 0.717) is 27.5 Å². The van der Waals surface area contributed by atoms with Crippen molar-refractivity contribution in [2.45, 2.75) is 6.92 Å². The predicted molar refractivity (Wildman–Crippen MR) is 117 cm³/mol. The topological polar surface area (TPSA) is 67.8 Å². The molecule has 0 spiro atoms. The molecule has 3 aromatic carbocycles. The van der Waals surface area contributed by atoms with Gasteiger partial charge in [0.05, 0.1) is 11.8 Å². The van der Waals surface area contributed by atoms with Gasteiger partial charge in [-0.15, -0.1) is 0 Å². The number of rotatable bonds is 5. The van der Waals surface area contributed by atoms with Crippen molar-refractivity contribution in [2.75, 3.05) is 0 Å². The van der Waals surface area contributed by atoms with Gasteiger partial charge < -0.3 is 4.74 Å². The van der Waals surface area contributed by atoms with Crippen LogP contribution in [0.4, 0.5) is 0 Å². The highest BCUT2D eigenvalue weighted by molar-refractivity contribution is 9.10. The maximum Gasteiger partial charge on any atom is 0.343 e. The van der Waals surface area contributed by atoms with Crippen LogP contribution >= 0.6 is 27.5 Å². The van der Waals surface area contributed by atoms with Crippen molar-refractivity contribution in [3.63, 3.8) is 0 Å². The molecular weight excluding hydrogens is 456 g/mol. The Hall–Kier alpha value is -2.96. The van der Waals surface area contributed by atoms with Gasteiger partial charge in [0.25, 0.3) is 5.91 Å². The number of esters is 1. The number of ether oxygens (including phenoxy) is 1. The Kier molecular flexibility index (Phi) is 6.80. The first-order chi connectivity index (χ1) is 13.9. The van der Waals surface area contributed by atoms with Crippen LogP contribution in [0.15, 0.2) is 76.3 Å². The van der Waals surface area contributed by atoms with Crippen molar-refractivity contribution in [1.29, 1.82) is 0 Å². The minimum atomic E-state index is -0.476. The molecule has 0 heterocycles. The molecule has 0 saturated heterocycles. The van der Waals surface area contributed by atoms with Crippen molar-refractivity contribution in [3.8, 4) is 5.75 Å². The monoisotopic (exact) mass is 470 g/mol. The molecule has 0 aliphatic heterocycles.